The van der Waals surface area contributed by atoms with Crippen molar-refractivity contribution in [2.24, 2.45) is 5.73 Å². The first-order valence-electron chi connectivity index (χ1n) is 20.7. The summed E-state index contributed by atoms with van der Waals surface area (Å²) in [6, 6.07) is 21.3. The van der Waals surface area contributed by atoms with E-state index in [1.807, 2.05) is 80.3 Å². The van der Waals surface area contributed by atoms with Crippen molar-refractivity contribution in [3.63, 3.8) is 0 Å². The number of alkyl carbamates (subject to hydrolysis) is 1. The molecule has 2 aromatic carbocycles. The summed E-state index contributed by atoms with van der Waals surface area (Å²) in [6.07, 6.45) is 14.9. The van der Waals surface area contributed by atoms with E-state index in [2.05, 4.69) is 82.0 Å². The molecule has 57 heavy (non-hydrogen) atoms. The fourth-order valence-corrected chi connectivity index (χ4v) is 7.82. The number of likely N-dealkylation sites (N-methyl/N-ethyl adjacent to an activating group) is 1. The van der Waals surface area contributed by atoms with E-state index in [1.165, 1.54) is 68.9 Å². The molecule has 8 rings (SSSR count). The van der Waals surface area contributed by atoms with Crippen LogP contribution in [0.4, 0.5) is 4.79 Å². The van der Waals surface area contributed by atoms with Gasteiger partial charge in [0.25, 0.3) is 0 Å². The van der Waals surface area contributed by atoms with Crippen molar-refractivity contribution in [3.05, 3.63) is 96.0 Å². The first kappa shape index (κ1) is 46.4. The Morgan fingerprint density at radius 1 is 0.877 bits per heavy atom. The lowest BCUT2D eigenvalue weighted by atomic mass is 9.51. The van der Waals surface area contributed by atoms with E-state index < -0.39 is 12.0 Å². The molecule has 1 atom stereocenters. The number of nitrogens with zero attached hydrogens (tertiary/aromatic N) is 4. The molecular formula is C45H68N8O4. The van der Waals surface area contributed by atoms with Gasteiger partial charge in [-0.1, -0.05) is 102 Å². The number of fused-ring (bicyclic) bond motifs is 3. The third-order valence-electron chi connectivity index (χ3n) is 10.8. The lowest BCUT2D eigenvalue weighted by Gasteiger charge is -2.53. The number of methoxy groups -OCH3 is 1. The molecule has 1 aliphatic heterocycles. The number of nitrogens with one attached hydrogen (secondary N) is 3. The second-order valence-corrected chi connectivity index (χ2v) is 15.1. The van der Waals surface area contributed by atoms with Gasteiger partial charge in [0, 0.05) is 30.3 Å². The number of primary amides is 1. The fraction of sp³-hybridized carbons (Fsp3) is 0.533. The molecule has 3 saturated carbocycles. The van der Waals surface area contributed by atoms with E-state index in [0.29, 0.717) is 12.0 Å². The molecule has 0 spiro atoms. The van der Waals surface area contributed by atoms with Gasteiger partial charge in [-0.25, -0.2) is 14.8 Å². The Morgan fingerprint density at radius 3 is 1.93 bits per heavy atom. The summed E-state index contributed by atoms with van der Waals surface area (Å²) in [5.41, 5.74) is 10.3. The van der Waals surface area contributed by atoms with E-state index in [0.717, 1.165) is 43.1 Å². The second-order valence-electron chi connectivity index (χ2n) is 15.1. The average molecular weight is 785 g/mol. The summed E-state index contributed by atoms with van der Waals surface area (Å²) in [6.45, 7) is 11.5. The molecule has 0 radical (unpaired) electrons. The summed E-state index contributed by atoms with van der Waals surface area (Å²) in [7, 11) is 5.11. The van der Waals surface area contributed by atoms with Gasteiger partial charge in [0.15, 0.2) is 0 Å². The van der Waals surface area contributed by atoms with Crippen LogP contribution in [-0.2, 0) is 31.6 Å². The lowest BCUT2D eigenvalue weighted by molar-refractivity contribution is -0.132. The van der Waals surface area contributed by atoms with Crippen LogP contribution in [0.15, 0.2) is 73.1 Å². The van der Waals surface area contributed by atoms with Gasteiger partial charge in [0.2, 0.25) is 11.8 Å². The molecule has 3 amide bonds. The van der Waals surface area contributed by atoms with Crippen LogP contribution in [0, 0.1) is 0 Å². The van der Waals surface area contributed by atoms with Crippen molar-refractivity contribution in [2.45, 2.75) is 116 Å². The van der Waals surface area contributed by atoms with E-state index in [1.54, 1.807) is 0 Å². The van der Waals surface area contributed by atoms with Crippen LogP contribution >= 0.6 is 0 Å². The Hall–Kier alpha value is -4.97. The van der Waals surface area contributed by atoms with Crippen LogP contribution in [-0.4, -0.2) is 88.5 Å². The Kier molecular flexibility index (Phi) is 19.0. The molecule has 2 bridgehead atoms. The molecule has 3 heterocycles. The monoisotopic (exact) mass is 785 g/mol. The summed E-state index contributed by atoms with van der Waals surface area (Å²) in [5, 5.41) is 2.10. The third-order valence-corrected chi connectivity index (χ3v) is 10.8. The number of H-pyrrole nitrogens is 2. The van der Waals surface area contributed by atoms with Crippen LogP contribution < -0.4 is 11.1 Å². The number of benzene rings is 2. The van der Waals surface area contributed by atoms with E-state index in [9.17, 15) is 14.4 Å². The molecule has 3 aliphatic carbocycles. The number of carbonyl (C=O) groups excluding carboxylic acids is 3. The van der Waals surface area contributed by atoms with Gasteiger partial charge in [0.05, 0.1) is 38.1 Å². The van der Waals surface area contributed by atoms with Gasteiger partial charge in [0.1, 0.15) is 11.6 Å². The third kappa shape index (κ3) is 13.0. The van der Waals surface area contributed by atoms with E-state index >= 15 is 0 Å². The Bertz CT molecular complexity index is 1720. The van der Waals surface area contributed by atoms with Gasteiger partial charge in [-0.2, -0.15) is 0 Å². The number of aromatic nitrogens is 4. The second kappa shape index (κ2) is 23.3. The minimum Gasteiger partial charge on any atom is -0.453 e. The number of ether oxygens (including phenoxy) is 1. The molecule has 1 saturated heterocycles. The number of rotatable bonds is 9. The predicted octanol–water partition coefficient (Wildman–Crippen LogP) is 8.09. The van der Waals surface area contributed by atoms with Gasteiger partial charge in [-0.05, 0) is 82.0 Å². The van der Waals surface area contributed by atoms with Crippen molar-refractivity contribution in [2.75, 3.05) is 40.8 Å². The zero-order chi connectivity index (χ0) is 41.8. The zero-order valence-corrected chi connectivity index (χ0v) is 35.7. The van der Waals surface area contributed by atoms with Crippen molar-refractivity contribution < 1.29 is 19.1 Å². The molecule has 12 heteroatoms. The smallest absolute Gasteiger partial charge is 0.407 e. The maximum atomic E-state index is 12.8. The molecule has 1 unspecified atom stereocenters. The van der Waals surface area contributed by atoms with Gasteiger partial charge >= 0.3 is 6.09 Å². The molecule has 2 aromatic heterocycles. The standard InChI is InChI=1S/C30H40N6O.C6H6.C4H8N2O3.C3H8.C2H6/c1-4-26-31-18-23(33-26)21-7-9-22(10-8-21)29-11-14-30(15-12-29,16-13-29)25-19-32-28(34-25)24-6-5-17-36(24)27(37)20-35(2)3;1-2-4-6-5-3-1;1-9-4(8)6-2-3(5)7;1-3-2;1-2/h7-10,18-19,24H,4-6,11-17,20H2,1-3H3,(H,31,33)(H,32,34);1-6H;2H2,1H3,(H2,5,7)(H,6,8);3H2,1-2H3;1-2H3. The van der Waals surface area contributed by atoms with Crippen molar-refractivity contribution in [1.29, 1.82) is 0 Å². The summed E-state index contributed by atoms with van der Waals surface area (Å²) in [5.74, 6) is 1.63. The van der Waals surface area contributed by atoms with E-state index in [-0.39, 0.29) is 23.9 Å². The molecule has 5 N–H and O–H groups in total. The van der Waals surface area contributed by atoms with Crippen LogP contribution in [0.3, 0.4) is 0 Å². The Labute approximate surface area is 340 Å². The highest BCUT2D eigenvalue weighted by Crippen LogP contribution is 2.58. The first-order valence-corrected chi connectivity index (χ1v) is 20.7. The molecule has 312 valence electrons. The number of aryl methyl sites for hydroxylation is 1. The van der Waals surface area contributed by atoms with Crippen molar-refractivity contribution in [1.82, 2.24) is 35.1 Å². The highest BCUT2D eigenvalue weighted by Gasteiger charge is 2.51. The first-order chi connectivity index (χ1) is 27.5. The van der Waals surface area contributed by atoms with Gasteiger partial charge < -0.3 is 35.6 Å². The summed E-state index contributed by atoms with van der Waals surface area (Å²) in [4.78, 5) is 53.4. The number of nitrogens with two attached hydrogens (primary N) is 1. The fourth-order valence-electron chi connectivity index (χ4n) is 7.82. The molecule has 4 fully saturated rings. The summed E-state index contributed by atoms with van der Waals surface area (Å²) < 4.78 is 4.14. The Balaban J connectivity index is 0.000000360. The highest BCUT2D eigenvalue weighted by molar-refractivity contribution is 5.80. The number of likely N-dealkylation sites (tertiary alicyclic amines) is 1. The highest BCUT2D eigenvalue weighted by atomic mass is 16.5. The quantitative estimate of drug-likeness (QED) is 0.133. The number of imidazole rings is 2. The molecule has 4 aromatic rings. The molecule has 12 nitrogen and oxygen atoms in total. The van der Waals surface area contributed by atoms with Gasteiger partial charge in [-0.15, -0.1) is 0 Å². The normalized spacial score (nSPS) is 20.3. The molecule has 4 aliphatic rings. The van der Waals surface area contributed by atoms with Crippen LogP contribution in [0.25, 0.3) is 11.3 Å². The maximum absolute atomic E-state index is 12.8. The topological polar surface area (TPSA) is 162 Å². The number of amides is 3. The largest absolute Gasteiger partial charge is 0.453 e. The Morgan fingerprint density at radius 2 is 1.44 bits per heavy atom. The minimum atomic E-state index is -0.659. The van der Waals surface area contributed by atoms with E-state index in [4.69, 9.17) is 4.98 Å². The minimum absolute atomic E-state index is 0.0886. The van der Waals surface area contributed by atoms with Crippen molar-refractivity contribution in [3.8, 4) is 11.3 Å². The zero-order valence-electron chi connectivity index (χ0n) is 35.7. The average Bonchev–Trinajstić information content (AvgIpc) is 4.05. The van der Waals surface area contributed by atoms with Gasteiger partial charge in [-0.3, -0.25) is 9.59 Å². The van der Waals surface area contributed by atoms with Crippen LogP contribution in [0.2, 0.25) is 0 Å². The predicted molar refractivity (Wildman–Crippen MR) is 229 cm³/mol. The number of hydrogen-bond acceptors (Lipinski definition) is 7. The molecular weight excluding hydrogens is 717 g/mol. The van der Waals surface area contributed by atoms with Crippen LogP contribution in [0.1, 0.15) is 121 Å². The van der Waals surface area contributed by atoms with Crippen LogP contribution in [0.5, 0.6) is 0 Å². The van der Waals surface area contributed by atoms with Crippen molar-refractivity contribution >= 4 is 17.9 Å². The lowest BCUT2D eigenvalue weighted by Crippen LogP contribution is -2.46. The number of carbonyl (C=O) groups is 3. The summed E-state index contributed by atoms with van der Waals surface area (Å²) >= 11 is 0. The number of hydrogen-bond donors (Lipinski definition) is 4. The SMILES string of the molecule is CC.CCC.CCc1ncc(-c2ccc(C34CCC(c5cnc(C6CCCN6C(=O)CN(C)C)[nH]5)(CC3)CC4)cc2)[nH]1.COC(=O)NCC(N)=O.c1ccccc1. The maximum Gasteiger partial charge on any atom is 0.407 e. The number of aromatic amines is 2.